The second-order valence-corrected chi connectivity index (χ2v) is 43.8. The van der Waals surface area contributed by atoms with E-state index in [0.29, 0.717) is 141 Å². The van der Waals surface area contributed by atoms with Crippen LogP contribution in [0, 0.1) is 51.8 Å². The van der Waals surface area contributed by atoms with E-state index in [1.807, 2.05) is 86.7 Å². The van der Waals surface area contributed by atoms with Crippen molar-refractivity contribution < 1.29 is 43.9 Å². The number of halogens is 17. The van der Waals surface area contributed by atoms with Gasteiger partial charge in [-0.3, -0.25) is 0 Å². The van der Waals surface area contributed by atoms with E-state index in [0.717, 1.165) is 29.3 Å². The highest BCUT2D eigenvalue weighted by molar-refractivity contribution is 14.1. The van der Waals surface area contributed by atoms with Gasteiger partial charge in [-0.25, -0.2) is 49.5 Å². The summed E-state index contributed by atoms with van der Waals surface area (Å²) in [6.07, 6.45) is 0.269. The molecular formula is C76H101Cl14I3N26O9Si. The van der Waals surface area contributed by atoms with Crippen LogP contribution in [0.5, 0.6) is 0 Å². The Kier molecular flexibility index (Phi) is 50.5. The van der Waals surface area contributed by atoms with E-state index < -0.39 is 49.8 Å². The first-order valence-electron chi connectivity index (χ1n) is 39.0. The Morgan fingerprint density at radius 1 is 0.419 bits per heavy atom. The van der Waals surface area contributed by atoms with E-state index in [4.69, 9.17) is 186 Å². The van der Waals surface area contributed by atoms with Crippen LogP contribution < -0.4 is 53.2 Å². The fourth-order valence-electron chi connectivity index (χ4n) is 11.8. The molecule has 53 heteroatoms. The number of hydrogen-bond acceptors (Lipinski definition) is 35. The van der Waals surface area contributed by atoms with Crippen LogP contribution in [0.3, 0.4) is 0 Å². The molecule has 3 aliphatic carbocycles. The smallest absolute Gasteiger partial charge is 0.429 e. The lowest BCUT2D eigenvalue weighted by Gasteiger charge is -2.27. The maximum atomic E-state index is 12.4. The molecule has 0 aromatic carbocycles. The topological polar surface area (TPSA) is 458 Å². The summed E-state index contributed by atoms with van der Waals surface area (Å²) in [6, 6.07) is 5.33. The molecule has 8 aromatic heterocycles. The van der Waals surface area contributed by atoms with Gasteiger partial charge in [-0.15, -0.1) is 5.54 Å². The van der Waals surface area contributed by atoms with Crippen LogP contribution in [-0.2, 0) is 18.9 Å². The van der Waals surface area contributed by atoms with Crippen molar-refractivity contribution in [2.75, 3.05) is 109 Å². The van der Waals surface area contributed by atoms with E-state index in [-0.39, 0.29) is 69.5 Å². The minimum Gasteiger partial charge on any atom is -0.429 e. The highest BCUT2D eigenvalue weighted by Gasteiger charge is 2.46. The molecule has 0 unspecified atom stereocenters. The van der Waals surface area contributed by atoms with Crippen LogP contribution in [0.2, 0.25) is 92.0 Å². The first kappa shape index (κ1) is 116. The van der Waals surface area contributed by atoms with Gasteiger partial charge in [-0.1, -0.05) is 205 Å². The lowest BCUT2D eigenvalue weighted by atomic mass is 9.95. The Balaban J connectivity index is 0.000000324. The number of aliphatic hydroxyl groups is 3. The quantitative estimate of drug-likeness (QED) is 0.00947. The molecular weight excluding hydrogens is 2330 g/mol. The third-order valence-corrected chi connectivity index (χ3v) is 26.1. The molecule has 0 spiro atoms. The van der Waals surface area contributed by atoms with Crippen LogP contribution >= 0.6 is 230 Å². The van der Waals surface area contributed by atoms with Gasteiger partial charge in [0.1, 0.15) is 123 Å². The summed E-state index contributed by atoms with van der Waals surface area (Å²) < 4.78 is 24.3. The summed E-state index contributed by atoms with van der Waals surface area (Å²) in [5, 5.41) is 62.6. The number of nitrogens with one attached hydrogen (secondary N) is 10. The summed E-state index contributed by atoms with van der Waals surface area (Å²) in [7, 11) is 10.3. The third kappa shape index (κ3) is 40.5. The van der Waals surface area contributed by atoms with E-state index in [1.165, 1.54) is 18.2 Å². The Labute approximate surface area is 861 Å². The van der Waals surface area contributed by atoms with E-state index in [1.54, 1.807) is 55.4 Å². The van der Waals surface area contributed by atoms with E-state index in [2.05, 4.69) is 214 Å². The predicted octanol–water partition coefficient (Wildman–Crippen LogP) is 21.1. The maximum absolute atomic E-state index is 12.4. The first-order chi connectivity index (χ1) is 60.2. The van der Waals surface area contributed by atoms with Crippen LogP contribution in [-0.4, -0.2) is 225 Å². The zero-order valence-corrected chi connectivity index (χ0v) is 91.4. The number of nitrogens with zero attached hydrogens (tertiary/aromatic N) is 16. The summed E-state index contributed by atoms with van der Waals surface area (Å²) in [4.78, 5) is 88.1. The molecule has 11 rings (SSSR count). The number of rotatable bonds is 18. The second kappa shape index (κ2) is 55.9. The average molecular weight is 2430 g/mol. The van der Waals surface area contributed by atoms with Crippen molar-refractivity contribution in [1.82, 2.24) is 79.7 Å². The van der Waals surface area contributed by atoms with Crippen LogP contribution in [0.25, 0.3) is 0 Å². The summed E-state index contributed by atoms with van der Waals surface area (Å²) in [6.45, 7) is 25.8. The second-order valence-electron chi connectivity index (χ2n) is 30.6. The highest BCUT2D eigenvalue weighted by Crippen LogP contribution is 2.42. The SMILES string of the molecule is CC[C@H]1C[C@@H](Nc2nc(NC)nc(Cl)c2C#C[Si](C)(C)C)[C@H](OC(=O)OC(C)(C)C)[C@@H]1C.CC[C@H]1C[C@@H](Nc2nc(NC)nc(Cl)c2I)[C@H](OC(=O)OC(C)(C)C)[C@@H]1C.CNc1cc(Cl)nc(Cl)n1.CNc1nc(Cl)c(I)c(Cl)n1.CNc1nc(Cl)c(I)c(N[C@@H]2C[C@H](CO)[C@@H](O)[C@H]2O)n1.CNc1nc(Cl)cc(Cl)n1.CNc1nc(Cl)cc(Cl)n1.Clc1cc(Cl)nc(Cl)n1. The lowest BCUT2D eigenvalue weighted by molar-refractivity contribution is -0.0377. The van der Waals surface area contributed by atoms with Crippen molar-refractivity contribution in [3.05, 3.63) is 113 Å². The van der Waals surface area contributed by atoms with Crippen molar-refractivity contribution in [3.8, 4) is 11.5 Å². The van der Waals surface area contributed by atoms with Gasteiger partial charge >= 0.3 is 12.3 Å². The Bertz CT molecular complexity index is 4800. The molecule has 3 saturated carbocycles. The number of ether oxygens (including phenoxy) is 4. The largest absolute Gasteiger partial charge is 0.509 e. The van der Waals surface area contributed by atoms with Gasteiger partial charge < -0.3 is 87.4 Å². The summed E-state index contributed by atoms with van der Waals surface area (Å²) >= 11 is 85.7. The summed E-state index contributed by atoms with van der Waals surface area (Å²) in [5.41, 5.74) is 2.69. The van der Waals surface area contributed by atoms with Crippen LogP contribution in [0.4, 0.5) is 68.6 Å². The van der Waals surface area contributed by atoms with Crippen molar-refractivity contribution in [1.29, 1.82) is 0 Å². The van der Waals surface area contributed by atoms with Gasteiger partial charge in [-0.2, -0.15) is 39.9 Å². The van der Waals surface area contributed by atoms with Gasteiger partial charge in [0, 0.05) is 86.1 Å². The van der Waals surface area contributed by atoms with Gasteiger partial charge in [0.05, 0.1) is 34.9 Å². The zero-order valence-electron chi connectivity index (χ0n) is 73.4. The zero-order chi connectivity index (χ0) is 97.4. The standard InChI is InChI=1S/C23H37ClN4O3Si.C18H28ClIN4O3.C11H16ClIN4O3.C5H4Cl2IN3.3C5H5Cl2N3.C4HCl3N2/c1-10-15-13-17(18(14(15)2)30-22(29)31-23(3,4)5)26-20-16(11-12-32(7,8)9)19(24)27-21(25-6)28-20;1-7-10-8-11(13(9(10)2)26-17(25)27-18(3,4)5)22-15-12(20)14(19)23-16(21-6)24-15;1-14-11-16-9(12)6(13)10(17-11)15-5-2-4(3-18)7(19)8(5)20;1-9-5-10-3(6)2(8)4(7)11-5;1-8-4-2-3(6)9-5(7)10-4;2*1-8-5-9-3(6)2-4(7)10-5;5-2-1-3(6)9-4(7)8-2/h14-15,17-18H,10,13H2,1-9H3,(H2,25,26,27,28);9-11,13H,7-8H2,1-6H3,(H2,21,22,23,24);4-5,7-8,18-20H,2-3H2,1H3,(H2,14,15,16,17);1H3,(H,9,10,11);3*2H,1H3,(H,8,9,10);1H/t14-,15+,17-,18-;9-,10+,11-,13-;4-,5-,7-,8+;;;;;/m111...../s1. The van der Waals surface area contributed by atoms with Gasteiger partial charge in [0.25, 0.3) is 0 Å². The molecule has 8 aromatic rings. The maximum Gasteiger partial charge on any atom is 0.509 e. The van der Waals surface area contributed by atoms with Crippen LogP contribution in [0.1, 0.15) is 107 Å². The Morgan fingerprint density at radius 3 is 1.04 bits per heavy atom. The average Bonchev–Trinajstić information content (AvgIpc) is 1.67. The minimum absolute atomic E-state index is 0.0625. The molecule has 3 aliphatic rings. The van der Waals surface area contributed by atoms with Crippen molar-refractivity contribution in [3.63, 3.8) is 0 Å². The highest BCUT2D eigenvalue weighted by atomic mass is 127. The molecule has 129 heavy (non-hydrogen) atoms. The number of carbonyl (C=O) groups is 2. The van der Waals surface area contributed by atoms with Gasteiger partial charge in [0.15, 0.2) is 5.15 Å². The number of anilines is 10. The molecule has 0 radical (unpaired) electrons. The van der Waals surface area contributed by atoms with Crippen molar-refractivity contribution in [2.24, 2.45) is 29.6 Å². The van der Waals surface area contributed by atoms with Gasteiger partial charge in [0.2, 0.25) is 46.3 Å². The van der Waals surface area contributed by atoms with E-state index >= 15 is 0 Å². The fraction of sp³-hybridized carbons (Fsp3) is 0.526. The molecule has 0 bridgehead atoms. The number of aromatic nitrogens is 16. The number of carbonyl (C=O) groups excluding carboxylic acids is 2. The molecule has 0 saturated heterocycles. The van der Waals surface area contributed by atoms with Crippen LogP contribution in [0.15, 0.2) is 24.3 Å². The molecule has 0 amide bonds. The monoisotopic (exact) mass is 2420 g/mol. The Morgan fingerprint density at radius 2 is 0.721 bits per heavy atom. The molecule has 712 valence electrons. The molecule has 12 atom stereocenters. The third-order valence-electron chi connectivity index (χ3n) is 17.8. The minimum atomic E-state index is -1.64. The van der Waals surface area contributed by atoms with Crippen molar-refractivity contribution in [2.45, 2.75) is 175 Å². The van der Waals surface area contributed by atoms with Crippen molar-refractivity contribution >= 4 is 310 Å². The molecule has 35 nitrogen and oxygen atoms in total. The van der Waals surface area contributed by atoms with E-state index in [9.17, 15) is 19.8 Å². The number of hydrogen-bond donors (Lipinski definition) is 13. The fourth-order valence-corrected chi connectivity index (χ4v) is 16.2. The molecule has 0 aliphatic heterocycles. The molecule has 8 heterocycles. The predicted molar refractivity (Wildman–Crippen MR) is 548 cm³/mol. The van der Waals surface area contributed by atoms with Gasteiger partial charge in [-0.05, 0) is 175 Å². The first-order valence-corrected chi connectivity index (χ1v) is 51.0. The molecule has 13 N–H and O–H groups in total. The Hall–Kier alpha value is -4.91. The normalized spacial score (nSPS) is 19.3. The lowest BCUT2D eigenvalue weighted by Crippen LogP contribution is -2.38. The number of aliphatic hydroxyl groups excluding tert-OH is 3. The summed E-state index contributed by atoms with van der Waals surface area (Å²) in [5.74, 6) is 8.85. The molecule has 3 fully saturated rings.